The minimum atomic E-state index is -0.364. The lowest BCUT2D eigenvalue weighted by Gasteiger charge is -2.26. The summed E-state index contributed by atoms with van der Waals surface area (Å²) in [4.78, 5) is 29.2. The van der Waals surface area contributed by atoms with Crippen molar-refractivity contribution in [2.24, 2.45) is 14.1 Å². The van der Waals surface area contributed by atoms with E-state index in [1.807, 2.05) is 4.57 Å². The van der Waals surface area contributed by atoms with E-state index in [9.17, 15) is 9.59 Å². The van der Waals surface area contributed by atoms with Crippen LogP contribution in [0.4, 0.5) is 0 Å². The van der Waals surface area contributed by atoms with Crippen molar-refractivity contribution in [2.75, 3.05) is 20.2 Å². The molecule has 0 unspecified atom stereocenters. The monoisotopic (exact) mass is 307 g/mol. The zero-order valence-electron chi connectivity index (χ0n) is 13.1. The molecule has 1 aliphatic rings. The van der Waals surface area contributed by atoms with E-state index in [-0.39, 0.29) is 17.3 Å². The Bertz CT molecular complexity index is 810. The third-order valence-corrected chi connectivity index (χ3v) is 4.31. The van der Waals surface area contributed by atoms with Gasteiger partial charge in [-0.15, -0.1) is 0 Å². The van der Waals surface area contributed by atoms with E-state index < -0.39 is 0 Å². The van der Waals surface area contributed by atoms with Crippen LogP contribution in [0.15, 0.2) is 9.59 Å². The van der Waals surface area contributed by atoms with Crippen LogP contribution in [0.25, 0.3) is 11.2 Å². The quantitative estimate of drug-likeness (QED) is 0.827. The van der Waals surface area contributed by atoms with Gasteiger partial charge in [0.15, 0.2) is 11.2 Å². The molecule has 3 rings (SSSR count). The standard InChI is InChI=1S/C14H21N5O3/c1-17-12-11(13(20)18(2)14(17)21)19(10(16-12)8-22-3)9-4-6-15-7-5-9/h9,15H,4-8H2,1-3H3. The largest absolute Gasteiger partial charge is 0.377 e. The Hall–Kier alpha value is -1.93. The second-order valence-electron chi connectivity index (χ2n) is 5.69. The molecule has 0 aliphatic carbocycles. The summed E-state index contributed by atoms with van der Waals surface area (Å²) in [5, 5.41) is 3.32. The maximum absolute atomic E-state index is 12.6. The number of ether oxygens (including phenoxy) is 1. The van der Waals surface area contributed by atoms with Crippen molar-refractivity contribution in [2.45, 2.75) is 25.5 Å². The lowest BCUT2D eigenvalue weighted by molar-refractivity contribution is 0.171. The minimum Gasteiger partial charge on any atom is -0.377 e. The third kappa shape index (κ3) is 2.19. The summed E-state index contributed by atoms with van der Waals surface area (Å²) in [6, 6.07) is 0.196. The molecular weight excluding hydrogens is 286 g/mol. The zero-order valence-corrected chi connectivity index (χ0v) is 13.1. The summed E-state index contributed by atoms with van der Waals surface area (Å²) in [5.41, 5.74) is 0.255. The van der Waals surface area contributed by atoms with E-state index >= 15 is 0 Å². The maximum atomic E-state index is 12.6. The Labute approximate surface area is 127 Å². The Morgan fingerprint density at radius 2 is 1.91 bits per heavy atom. The predicted octanol–water partition coefficient (Wildman–Crippen LogP) is -0.495. The van der Waals surface area contributed by atoms with Crippen LogP contribution in [0.2, 0.25) is 0 Å². The van der Waals surface area contributed by atoms with Crippen molar-refractivity contribution in [3.8, 4) is 0 Å². The third-order valence-electron chi connectivity index (χ3n) is 4.31. The molecule has 8 heteroatoms. The lowest BCUT2D eigenvalue weighted by Crippen LogP contribution is -2.38. The van der Waals surface area contributed by atoms with Gasteiger partial charge < -0.3 is 14.6 Å². The summed E-state index contributed by atoms with van der Waals surface area (Å²) < 4.78 is 9.77. The molecule has 0 spiro atoms. The first kappa shape index (κ1) is 15.0. The van der Waals surface area contributed by atoms with Gasteiger partial charge in [0.05, 0.1) is 0 Å². The molecule has 120 valence electrons. The van der Waals surface area contributed by atoms with Crippen molar-refractivity contribution in [3.63, 3.8) is 0 Å². The summed E-state index contributed by atoms with van der Waals surface area (Å²) in [5.74, 6) is 0.697. The van der Waals surface area contributed by atoms with Gasteiger partial charge in [0.2, 0.25) is 0 Å². The molecule has 1 saturated heterocycles. The van der Waals surface area contributed by atoms with Crippen LogP contribution in [0.5, 0.6) is 0 Å². The molecule has 0 amide bonds. The Kier molecular flexibility index (Phi) is 3.88. The molecule has 2 aromatic heterocycles. The van der Waals surface area contributed by atoms with Crippen molar-refractivity contribution >= 4 is 11.2 Å². The van der Waals surface area contributed by atoms with Crippen molar-refractivity contribution in [1.29, 1.82) is 0 Å². The van der Waals surface area contributed by atoms with E-state index in [1.54, 1.807) is 14.2 Å². The molecule has 1 N–H and O–H groups in total. The van der Waals surface area contributed by atoms with Gasteiger partial charge in [0.1, 0.15) is 12.4 Å². The van der Waals surface area contributed by atoms with E-state index in [1.165, 1.54) is 11.6 Å². The SMILES string of the molecule is COCc1nc2c(c(=O)n(C)c(=O)n2C)n1C1CCNCC1. The van der Waals surface area contributed by atoms with E-state index in [2.05, 4.69) is 10.3 Å². The number of nitrogens with zero attached hydrogens (tertiary/aromatic N) is 4. The highest BCUT2D eigenvalue weighted by Gasteiger charge is 2.25. The van der Waals surface area contributed by atoms with Gasteiger partial charge in [0.25, 0.3) is 5.56 Å². The van der Waals surface area contributed by atoms with Crippen LogP contribution in [-0.4, -0.2) is 38.9 Å². The molecule has 0 bridgehead atoms. The number of nitrogens with one attached hydrogen (secondary N) is 1. The maximum Gasteiger partial charge on any atom is 0.332 e. The van der Waals surface area contributed by atoms with Crippen LogP contribution in [0.1, 0.15) is 24.7 Å². The van der Waals surface area contributed by atoms with Gasteiger partial charge in [-0.05, 0) is 25.9 Å². The number of hydrogen-bond acceptors (Lipinski definition) is 5. The minimum absolute atomic E-state index is 0.196. The lowest BCUT2D eigenvalue weighted by atomic mass is 10.1. The number of hydrogen-bond donors (Lipinski definition) is 1. The fourth-order valence-electron chi connectivity index (χ4n) is 3.15. The Morgan fingerprint density at radius 3 is 2.55 bits per heavy atom. The number of imidazole rings is 1. The average molecular weight is 307 g/mol. The smallest absolute Gasteiger partial charge is 0.332 e. The van der Waals surface area contributed by atoms with Crippen LogP contribution < -0.4 is 16.6 Å². The van der Waals surface area contributed by atoms with Crippen LogP contribution in [0.3, 0.4) is 0 Å². The van der Waals surface area contributed by atoms with Gasteiger partial charge in [-0.3, -0.25) is 13.9 Å². The van der Waals surface area contributed by atoms with Crippen molar-refractivity contribution in [1.82, 2.24) is 24.0 Å². The first-order valence-corrected chi connectivity index (χ1v) is 7.42. The number of aromatic nitrogens is 4. The molecule has 22 heavy (non-hydrogen) atoms. The van der Waals surface area contributed by atoms with Crippen LogP contribution in [0, 0.1) is 0 Å². The normalized spacial score (nSPS) is 16.5. The highest BCUT2D eigenvalue weighted by molar-refractivity contribution is 5.71. The van der Waals surface area contributed by atoms with Crippen molar-refractivity contribution < 1.29 is 4.74 Å². The van der Waals surface area contributed by atoms with Gasteiger partial charge in [-0.2, -0.15) is 0 Å². The average Bonchev–Trinajstić information content (AvgIpc) is 2.91. The molecule has 0 aromatic carbocycles. The fourth-order valence-corrected chi connectivity index (χ4v) is 3.15. The molecule has 1 aliphatic heterocycles. The Balaban J connectivity index is 2.34. The summed E-state index contributed by atoms with van der Waals surface area (Å²) in [6.45, 7) is 2.13. The van der Waals surface area contributed by atoms with Gasteiger partial charge in [-0.25, -0.2) is 9.78 Å². The predicted molar refractivity (Wildman–Crippen MR) is 82.1 cm³/mol. The van der Waals surface area contributed by atoms with Crippen molar-refractivity contribution in [3.05, 3.63) is 26.7 Å². The Morgan fingerprint density at radius 1 is 1.23 bits per heavy atom. The summed E-state index contributed by atoms with van der Waals surface area (Å²) in [6.07, 6.45) is 1.85. The van der Waals surface area contributed by atoms with E-state index in [4.69, 9.17) is 4.74 Å². The second kappa shape index (κ2) is 5.69. The topological polar surface area (TPSA) is 83.1 Å². The fraction of sp³-hybridized carbons (Fsp3) is 0.643. The first-order valence-electron chi connectivity index (χ1n) is 7.42. The highest BCUT2D eigenvalue weighted by Crippen LogP contribution is 2.25. The number of fused-ring (bicyclic) bond motifs is 1. The molecule has 3 heterocycles. The molecule has 2 aromatic rings. The summed E-state index contributed by atoms with van der Waals surface area (Å²) in [7, 11) is 4.74. The molecule has 0 saturated carbocycles. The van der Waals surface area contributed by atoms with Gasteiger partial charge in [-0.1, -0.05) is 0 Å². The molecular formula is C14H21N5O3. The van der Waals surface area contributed by atoms with Gasteiger partial charge >= 0.3 is 5.69 Å². The number of rotatable bonds is 3. The number of methoxy groups -OCH3 is 1. The van der Waals surface area contributed by atoms with Crippen LogP contribution in [-0.2, 0) is 25.4 Å². The summed E-state index contributed by atoms with van der Waals surface area (Å²) >= 11 is 0. The number of piperidine rings is 1. The van der Waals surface area contributed by atoms with E-state index in [0.717, 1.165) is 30.5 Å². The number of aryl methyl sites for hydroxylation is 1. The van der Waals surface area contributed by atoms with E-state index in [0.29, 0.717) is 23.6 Å². The molecule has 8 nitrogen and oxygen atoms in total. The molecule has 0 atom stereocenters. The highest BCUT2D eigenvalue weighted by atomic mass is 16.5. The van der Waals surface area contributed by atoms with Gasteiger partial charge in [0, 0.05) is 27.2 Å². The second-order valence-corrected chi connectivity index (χ2v) is 5.69. The zero-order chi connectivity index (χ0) is 15.9. The first-order chi connectivity index (χ1) is 10.6. The van der Waals surface area contributed by atoms with Crippen LogP contribution >= 0.6 is 0 Å². The molecule has 0 radical (unpaired) electrons. The molecule has 1 fully saturated rings.